The normalized spacial score (nSPS) is 23.6. The number of halogens is 1. The Bertz CT molecular complexity index is 968. The minimum atomic E-state index is -2.83. The molecule has 1 N–H and O–H groups in total. The Hall–Kier alpha value is -2.56. The molecule has 3 fully saturated rings. The molecule has 0 aromatic heterocycles. The predicted octanol–water partition coefficient (Wildman–Crippen LogP) is 2.16. The van der Waals surface area contributed by atoms with E-state index in [4.69, 9.17) is 9.47 Å². The van der Waals surface area contributed by atoms with Crippen molar-refractivity contribution in [2.75, 3.05) is 54.1 Å². The van der Waals surface area contributed by atoms with Crippen LogP contribution in [0.3, 0.4) is 0 Å². The molecule has 3 heterocycles. The third-order valence-corrected chi connectivity index (χ3v) is 8.22. The Morgan fingerprint density at radius 3 is 2.59 bits per heavy atom. The summed E-state index contributed by atoms with van der Waals surface area (Å²) in [4.78, 5) is 26.9. The van der Waals surface area contributed by atoms with E-state index in [-0.39, 0.29) is 37.1 Å². The number of amides is 2. The van der Waals surface area contributed by atoms with E-state index < -0.39 is 33.9 Å². The number of rotatable bonds is 6. The zero-order valence-electron chi connectivity index (χ0n) is 18.0. The number of carbonyl (C=O) groups is 2. The summed E-state index contributed by atoms with van der Waals surface area (Å²) in [6, 6.07) is 4.67. The molecule has 3 aliphatic rings. The maximum Gasteiger partial charge on any atom is 0.414 e. The average molecular weight is 470 g/mol. The Labute approximate surface area is 186 Å². The quantitative estimate of drug-likeness (QED) is 0.681. The van der Waals surface area contributed by atoms with Crippen LogP contribution in [0.25, 0.3) is 0 Å². The second kappa shape index (κ2) is 9.13. The zero-order valence-corrected chi connectivity index (χ0v) is 18.8. The molecule has 0 spiro atoms. The number of ether oxygens (including phenoxy) is 2. The van der Waals surface area contributed by atoms with E-state index in [0.717, 1.165) is 12.8 Å². The van der Waals surface area contributed by atoms with Crippen molar-refractivity contribution >= 4 is 33.4 Å². The largest absolute Gasteiger partial charge is 0.450 e. The maximum atomic E-state index is 14.9. The smallest absolute Gasteiger partial charge is 0.414 e. The van der Waals surface area contributed by atoms with Crippen LogP contribution in [0.4, 0.5) is 25.4 Å². The summed E-state index contributed by atoms with van der Waals surface area (Å²) < 4.78 is 47.8. The number of sulfone groups is 1. The monoisotopic (exact) mass is 469 g/mol. The predicted molar refractivity (Wildman–Crippen MR) is 116 cm³/mol. The summed E-state index contributed by atoms with van der Waals surface area (Å²) in [6.45, 7) is 3.58. The minimum absolute atomic E-state index is 0.110. The van der Waals surface area contributed by atoms with Crippen LogP contribution >= 0.6 is 0 Å². The van der Waals surface area contributed by atoms with Gasteiger partial charge in [0.15, 0.2) is 9.84 Å². The van der Waals surface area contributed by atoms with Crippen molar-refractivity contribution in [1.82, 2.24) is 5.32 Å². The molecule has 1 aromatic carbocycles. The maximum absolute atomic E-state index is 14.9. The fourth-order valence-electron chi connectivity index (χ4n) is 4.63. The van der Waals surface area contributed by atoms with Crippen LogP contribution in [0, 0.1) is 17.7 Å². The summed E-state index contributed by atoms with van der Waals surface area (Å²) in [7, 11) is -2.83. The number of nitrogens with one attached hydrogen (secondary N) is 1. The fourth-order valence-corrected chi connectivity index (χ4v) is 6.38. The number of carbonyl (C=O) groups excluding carboxylic acids is 2. The number of alkyl carbamates (subject to hydrolysis) is 1. The van der Waals surface area contributed by atoms with Gasteiger partial charge in [0.05, 0.1) is 42.6 Å². The third-order valence-electron chi connectivity index (χ3n) is 6.35. The number of anilines is 2. The van der Waals surface area contributed by atoms with Gasteiger partial charge in [-0.15, -0.1) is 0 Å². The lowest BCUT2D eigenvalue weighted by Gasteiger charge is -2.40. The number of hydrogen-bond acceptors (Lipinski definition) is 7. The van der Waals surface area contributed by atoms with E-state index in [1.807, 2.05) is 4.90 Å². The highest BCUT2D eigenvalue weighted by Gasteiger charge is 2.40. The van der Waals surface area contributed by atoms with Crippen LogP contribution < -0.4 is 15.1 Å². The van der Waals surface area contributed by atoms with Crippen LogP contribution in [-0.2, 0) is 19.3 Å². The van der Waals surface area contributed by atoms with Gasteiger partial charge in [-0.3, -0.25) is 4.90 Å². The Kier molecular flexibility index (Phi) is 6.45. The molecule has 3 aliphatic heterocycles. The lowest BCUT2D eigenvalue weighted by Crippen LogP contribution is -2.45. The van der Waals surface area contributed by atoms with Gasteiger partial charge in [0.2, 0.25) is 0 Å². The lowest BCUT2D eigenvalue weighted by molar-refractivity contribution is 0.127. The lowest BCUT2D eigenvalue weighted by atomic mass is 9.86. The van der Waals surface area contributed by atoms with Crippen LogP contribution in [0.5, 0.6) is 0 Å². The van der Waals surface area contributed by atoms with Crippen LogP contribution in [0.15, 0.2) is 18.2 Å². The minimum Gasteiger partial charge on any atom is -0.450 e. The van der Waals surface area contributed by atoms with Crippen molar-refractivity contribution in [3.05, 3.63) is 24.0 Å². The Morgan fingerprint density at radius 2 is 1.97 bits per heavy atom. The van der Waals surface area contributed by atoms with Crippen LogP contribution in [0.1, 0.15) is 19.8 Å². The molecule has 1 aromatic rings. The van der Waals surface area contributed by atoms with Gasteiger partial charge in [-0.25, -0.2) is 22.4 Å². The van der Waals surface area contributed by atoms with E-state index in [0.29, 0.717) is 30.4 Å². The van der Waals surface area contributed by atoms with Crippen molar-refractivity contribution in [3.63, 3.8) is 0 Å². The first-order valence-electron chi connectivity index (χ1n) is 10.9. The molecule has 11 heteroatoms. The molecular weight excluding hydrogens is 441 g/mol. The SMILES string of the molecule is CCOC(=O)NC[C@H]1CN(c2ccc(N3CCC(C4CS(=O)(=O)C4)CC3)c(F)c2)C(=O)O1. The van der Waals surface area contributed by atoms with E-state index in [2.05, 4.69) is 5.32 Å². The van der Waals surface area contributed by atoms with E-state index in [1.54, 1.807) is 19.1 Å². The Morgan fingerprint density at radius 1 is 1.25 bits per heavy atom. The highest BCUT2D eigenvalue weighted by atomic mass is 32.2. The van der Waals surface area contributed by atoms with Crippen molar-refractivity contribution in [2.24, 2.45) is 11.8 Å². The van der Waals surface area contributed by atoms with Gasteiger partial charge in [-0.2, -0.15) is 0 Å². The molecule has 0 aliphatic carbocycles. The van der Waals surface area contributed by atoms with E-state index in [9.17, 15) is 22.4 Å². The Balaban J connectivity index is 1.32. The molecule has 0 radical (unpaired) electrons. The highest BCUT2D eigenvalue weighted by Crippen LogP contribution is 2.36. The van der Waals surface area contributed by atoms with Crippen molar-refractivity contribution in [3.8, 4) is 0 Å². The summed E-state index contributed by atoms with van der Waals surface area (Å²) >= 11 is 0. The second-order valence-corrected chi connectivity index (χ2v) is 10.7. The van der Waals surface area contributed by atoms with Gasteiger partial charge < -0.3 is 19.7 Å². The molecule has 176 valence electrons. The molecule has 0 bridgehead atoms. The molecule has 1 atom stereocenters. The number of cyclic esters (lactones) is 1. The van der Waals surface area contributed by atoms with Gasteiger partial charge in [0.1, 0.15) is 11.9 Å². The average Bonchev–Trinajstić information content (AvgIpc) is 3.11. The first-order valence-corrected chi connectivity index (χ1v) is 12.7. The second-order valence-electron chi connectivity index (χ2n) is 8.51. The van der Waals surface area contributed by atoms with Gasteiger partial charge in [-0.05, 0) is 49.8 Å². The summed E-state index contributed by atoms with van der Waals surface area (Å²) in [6.07, 6.45) is -0.0441. The number of piperidine rings is 1. The van der Waals surface area contributed by atoms with Crippen LogP contribution in [0.2, 0.25) is 0 Å². The zero-order chi connectivity index (χ0) is 22.9. The van der Waals surface area contributed by atoms with Crippen molar-refractivity contribution in [1.29, 1.82) is 0 Å². The molecule has 2 amide bonds. The van der Waals surface area contributed by atoms with Gasteiger partial charge >= 0.3 is 12.2 Å². The van der Waals surface area contributed by atoms with Crippen molar-refractivity contribution < 1.29 is 31.9 Å². The number of hydrogen-bond donors (Lipinski definition) is 1. The van der Waals surface area contributed by atoms with Gasteiger partial charge in [0, 0.05) is 13.1 Å². The summed E-state index contributed by atoms with van der Waals surface area (Å²) in [5, 5.41) is 2.53. The molecule has 0 unspecified atom stereocenters. The fraction of sp³-hybridized carbons (Fsp3) is 0.619. The van der Waals surface area contributed by atoms with Crippen LogP contribution in [-0.4, -0.2) is 71.0 Å². The molecular formula is C21H28FN3O6S. The van der Waals surface area contributed by atoms with Gasteiger partial charge in [-0.1, -0.05) is 0 Å². The molecule has 4 rings (SSSR count). The molecule has 0 saturated carbocycles. The molecule has 3 saturated heterocycles. The summed E-state index contributed by atoms with van der Waals surface area (Å²) in [5.41, 5.74) is 0.867. The molecule has 32 heavy (non-hydrogen) atoms. The standard InChI is InChI=1S/C21H28FN3O6S/c1-2-30-20(26)23-10-17-11-25(21(27)31-17)16-3-4-19(18(22)9-16)24-7-5-14(6-8-24)15-12-32(28,29)13-15/h3-4,9,14-15,17H,2,5-8,10-13H2,1H3,(H,23,26)/t17-/m0/s1. The van der Waals surface area contributed by atoms with E-state index >= 15 is 0 Å². The van der Waals surface area contributed by atoms with E-state index in [1.165, 1.54) is 11.0 Å². The summed E-state index contributed by atoms with van der Waals surface area (Å²) in [5.74, 6) is 0.748. The highest BCUT2D eigenvalue weighted by molar-refractivity contribution is 7.92. The topological polar surface area (TPSA) is 105 Å². The third kappa shape index (κ3) is 4.92. The number of benzene rings is 1. The first-order chi connectivity index (χ1) is 15.3. The first kappa shape index (κ1) is 22.6. The molecule has 9 nitrogen and oxygen atoms in total. The number of nitrogens with zero attached hydrogens (tertiary/aromatic N) is 2. The van der Waals surface area contributed by atoms with Gasteiger partial charge in [0.25, 0.3) is 0 Å². The van der Waals surface area contributed by atoms with Crippen molar-refractivity contribution in [2.45, 2.75) is 25.9 Å².